The van der Waals surface area contributed by atoms with Crippen molar-refractivity contribution in [1.82, 2.24) is 0 Å². The summed E-state index contributed by atoms with van der Waals surface area (Å²) in [6.07, 6.45) is 5.10. The zero-order chi connectivity index (χ0) is 12.2. The fourth-order valence-corrected chi connectivity index (χ4v) is 1.93. The van der Waals surface area contributed by atoms with E-state index >= 15 is 0 Å². The first-order chi connectivity index (χ1) is 7.70. The third kappa shape index (κ3) is 18.6. The molecule has 8 heteroatoms. The Hall–Kier alpha value is 2.63. The average Bonchev–Trinajstić information content (AvgIpc) is 2.25. The fourth-order valence-electron chi connectivity index (χ4n) is 1.18. The summed E-state index contributed by atoms with van der Waals surface area (Å²) in [5, 5.41) is 0. The van der Waals surface area contributed by atoms with E-state index in [1.54, 1.807) is 0 Å². The van der Waals surface area contributed by atoms with Crippen LogP contribution in [-0.2, 0) is 13.6 Å². The Bertz CT molecular complexity index is 193. The van der Waals surface area contributed by atoms with Gasteiger partial charge in [0.2, 0.25) is 0 Å². The largest absolute Gasteiger partial charge is 0.330 e. The molecule has 0 aromatic rings. The Labute approximate surface area is 172 Å². The van der Waals surface area contributed by atoms with Crippen molar-refractivity contribution in [3.8, 4) is 0 Å². The van der Waals surface area contributed by atoms with E-state index in [9.17, 15) is 4.57 Å². The third-order valence-corrected chi connectivity index (χ3v) is 3.09. The molecule has 2 atom stereocenters. The van der Waals surface area contributed by atoms with E-state index in [4.69, 9.17) is 20.5 Å². The molecule has 0 aromatic heterocycles. The first-order valence-electron chi connectivity index (χ1n) is 5.99. The summed E-state index contributed by atoms with van der Waals surface area (Å²) >= 11 is 0. The van der Waals surface area contributed by atoms with Crippen LogP contribution in [0.3, 0.4) is 0 Å². The van der Waals surface area contributed by atoms with Crippen LogP contribution in [0.5, 0.6) is 0 Å². The second-order valence-corrected chi connectivity index (χ2v) is 4.77. The quantitative estimate of drug-likeness (QED) is 0.242. The van der Waals surface area contributed by atoms with Crippen molar-refractivity contribution >= 4 is 8.25 Å². The fraction of sp³-hybridized carbons (Fsp3) is 1.00. The van der Waals surface area contributed by atoms with E-state index in [2.05, 4.69) is 0 Å². The van der Waals surface area contributed by atoms with Crippen LogP contribution in [0, 0.1) is 76.9 Å². The van der Waals surface area contributed by atoms with Gasteiger partial charge < -0.3 is 16.0 Å². The number of nitrogens with two attached hydrogens (primary N) is 2. The second kappa shape index (κ2) is 19.6. The van der Waals surface area contributed by atoms with Crippen LogP contribution in [-0.4, -0.2) is 19.4 Å². The van der Waals surface area contributed by atoms with Crippen LogP contribution >= 0.6 is 8.25 Å². The Morgan fingerprint density at radius 2 is 1.89 bits per heavy atom. The van der Waals surface area contributed by atoms with Crippen LogP contribution in [0.2, 0.25) is 0 Å². The Kier molecular flexibility index (Phi) is 27.9. The zero-order valence-corrected chi connectivity index (χ0v) is 19.6. The van der Waals surface area contributed by atoms with Gasteiger partial charge in [-0.3, -0.25) is 9.09 Å². The Morgan fingerprint density at radius 1 is 1.22 bits per heavy atom. The molecule has 0 rings (SSSR count). The Morgan fingerprint density at radius 3 is 2.44 bits per heavy atom. The molecule has 0 aliphatic rings. The van der Waals surface area contributed by atoms with E-state index in [1.807, 2.05) is 6.92 Å². The third-order valence-electron chi connectivity index (χ3n) is 2.16. The normalized spacial score (nSPS) is 13.3. The van der Waals surface area contributed by atoms with Gasteiger partial charge >= 0.3 is 8.25 Å². The minimum Gasteiger partial charge on any atom is -0.330 e. The smallest absolute Gasteiger partial charge is 0.320 e. The molecule has 0 amide bonds. The average molecular weight is 532 g/mol. The first kappa shape index (κ1) is 25.6. The molecule has 104 valence electrons. The predicted molar refractivity (Wildman–Crippen MR) is 66.4 cm³/mol. The van der Waals surface area contributed by atoms with Crippen molar-refractivity contribution in [2.75, 3.05) is 13.2 Å². The number of unbranched alkanes of at least 4 members (excludes halogenated alkanes) is 3. The van der Waals surface area contributed by atoms with Crippen LogP contribution in [0.1, 0.15) is 45.4 Å². The molecule has 18 heavy (non-hydrogen) atoms. The van der Waals surface area contributed by atoms with Crippen LogP contribution in [0.25, 0.3) is 0 Å². The summed E-state index contributed by atoms with van der Waals surface area (Å²) in [6, 6.07) is 0. The summed E-state index contributed by atoms with van der Waals surface area (Å²) in [7, 11) is -2.40. The van der Waals surface area contributed by atoms with Gasteiger partial charge in [-0.05, 0) is 32.2 Å². The molecule has 0 aliphatic carbocycles. The monoisotopic (exact) mass is 532 g/mol. The molecular formula is C10H25LaN2O3PPr. The topological polar surface area (TPSA) is 87.6 Å². The SMILES string of the molecule is CCCCO[PH](=O)OC(N)CCCCCN.[La].[Pr]. The van der Waals surface area contributed by atoms with Crippen molar-refractivity contribution in [1.29, 1.82) is 0 Å². The maximum atomic E-state index is 11.3. The van der Waals surface area contributed by atoms with Gasteiger partial charge in [0, 0.05) is 76.9 Å². The molecule has 5 nitrogen and oxygen atoms in total. The first-order valence-corrected chi connectivity index (χ1v) is 7.22. The van der Waals surface area contributed by atoms with Gasteiger partial charge in [0.15, 0.2) is 0 Å². The summed E-state index contributed by atoms with van der Waals surface area (Å²) in [6.45, 7) is 3.23. The van der Waals surface area contributed by atoms with Crippen molar-refractivity contribution in [2.24, 2.45) is 11.5 Å². The van der Waals surface area contributed by atoms with E-state index in [0.717, 1.165) is 32.1 Å². The van der Waals surface area contributed by atoms with Gasteiger partial charge in [0.05, 0.1) is 6.61 Å². The molecule has 0 saturated heterocycles. The van der Waals surface area contributed by atoms with Crippen LogP contribution < -0.4 is 11.5 Å². The zero-order valence-electron chi connectivity index (χ0n) is 11.3. The summed E-state index contributed by atoms with van der Waals surface area (Å²) in [5.41, 5.74) is 11.0. The maximum Gasteiger partial charge on any atom is 0.320 e. The molecule has 2 radical (unpaired) electrons. The molecule has 0 bridgehead atoms. The molecular weight excluding hydrogens is 507 g/mol. The summed E-state index contributed by atoms with van der Waals surface area (Å²) < 4.78 is 21.3. The van der Waals surface area contributed by atoms with Crippen molar-refractivity contribution in [3.05, 3.63) is 0 Å². The Balaban J connectivity index is -0.00000112. The van der Waals surface area contributed by atoms with Crippen molar-refractivity contribution in [3.63, 3.8) is 0 Å². The van der Waals surface area contributed by atoms with Crippen molar-refractivity contribution < 1.29 is 90.5 Å². The molecule has 0 spiro atoms. The summed E-state index contributed by atoms with van der Waals surface area (Å²) in [5.74, 6) is 0. The van der Waals surface area contributed by atoms with E-state index in [-0.39, 0.29) is 76.9 Å². The van der Waals surface area contributed by atoms with Crippen molar-refractivity contribution in [2.45, 2.75) is 51.7 Å². The van der Waals surface area contributed by atoms with E-state index < -0.39 is 14.5 Å². The van der Waals surface area contributed by atoms with E-state index in [0.29, 0.717) is 19.6 Å². The molecule has 2 unspecified atom stereocenters. The molecule has 4 N–H and O–H groups in total. The molecule has 0 fully saturated rings. The van der Waals surface area contributed by atoms with E-state index in [1.165, 1.54) is 0 Å². The van der Waals surface area contributed by atoms with Gasteiger partial charge in [-0.25, -0.2) is 0 Å². The van der Waals surface area contributed by atoms with Crippen LogP contribution in [0.4, 0.5) is 0 Å². The minimum absolute atomic E-state index is 0. The summed E-state index contributed by atoms with van der Waals surface area (Å²) in [4.78, 5) is 0. The van der Waals surface area contributed by atoms with Gasteiger partial charge in [-0.1, -0.05) is 19.8 Å². The van der Waals surface area contributed by atoms with Crippen LogP contribution in [0.15, 0.2) is 0 Å². The predicted octanol–water partition coefficient (Wildman–Crippen LogP) is 2.01. The van der Waals surface area contributed by atoms with Gasteiger partial charge in [0.25, 0.3) is 0 Å². The maximum absolute atomic E-state index is 11.3. The minimum atomic E-state index is -2.40. The van der Waals surface area contributed by atoms with Gasteiger partial charge in [-0.15, -0.1) is 0 Å². The van der Waals surface area contributed by atoms with Gasteiger partial charge in [0.1, 0.15) is 6.23 Å². The number of hydrogen-bond donors (Lipinski definition) is 2. The van der Waals surface area contributed by atoms with Gasteiger partial charge in [-0.2, -0.15) is 0 Å². The molecule has 0 aromatic carbocycles. The second-order valence-electron chi connectivity index (χ2n) is 3.75. The molecule has 0 aliphatic heterocycles. The standard InChI is InChI=1S/C10H25N2O3P.La.Pr/c1-2-3-9-14-16(13)15-10(12)7-5-4-6-8-11;;/h10,16H,2-9,11-12H2,1H3;;. The number of rotatable bonds is 11. The molecule has 0 heterocycles. The molecule has 0 saturated carbocycles. The number of hydrogen-bond acceptors (Lipinski definition) is 5.